The summed E-state index contributed by atoms with van der Waals surface area (Å²) in [7, 11) is 1.54. The molecule has 236 valence electrons. The number of hydrogen-bond acceptors (Lipinski definition) is 10. The third-order valence-electron chi connectivity index (χ3n) is 8.47. The van der Waals surface area contributed by atoms with Gasteiger partial charge >= 0.3 is 5.97 Å². The predicted octanol–water partition coefficient (Wildman–Crippen LogP) is 1.99. The van der Waals surface area contributed by atoms with Gasteiger partial charge < -0.3 is 44.3 Å². The summed E-state index contributed by atoms with van der Waals surface area (Å²) in [4.78, 5) is 36.6. The molecule has 0 spiro atoms. The second-order valence-electron chi connectivity index (χ2n) is 11.9. The smallest absolute Gasteiger partial charge is 0.328 e. The molecule has 3 fully saturated rings. The highest BCUT2D eigenvalue weighted by Crippen LogP contribution is 2.43. The largest absolute Gasteiger partial charge is 0.478 e. The summed E-state index contributed by atoms with van der Waals surface area (Å²) in [6.45, 7) is 11.2. The molecule has 0 aliphatic carbocycles. The number of ketones is 1. The fourth-order valence-corrected chi connectivity index (χ4v) is 5.71. The third kappa shape index (κ3) is 7.93. The number of carbonyl (C=O) groups is 3. The van der Waals surface area contributed by atoms with Crippen molar-refractivity contribution < 1.29 is 53.4 Å². The number of fused-ring (bicyclic) bond motifs is 1. The monoisotopic (exact) mass is 595 g/mol. The number of methoxy groups -OCH3 is 1. The number of amides is 1. The number of carboxylic acid groups (broad SMARTS) is 1. The van der Waals surface area contributed by atoms with Gasteiger partial charge in [0.1, 0.15) is 24.8 Å². The topological polar surface area (TPSA) is 170 Å². The van der Waals surface area contributed by atoms with Gasteiger partial charge in [-0.05, 0) is 19.8 Å². The predicted molar refractivity (Wildman–Crippen MR) is 150 cm³/mol. The summed E-state index contributed by atoms with van der Waals surface area (Å²) >= 11 is 0. The van der Waals surface area contributed by atoms with Crippen LogP contribution in [0.1, 0.15) is 59.8 Å². The number of nitrogens with one attached hydrogen (secondary N) is 1. The van der Waals surface area contributed by atoms with Crippen LogP contribution in [0.3, 0.4) is 0 Å². The Balaban J connectivity index is 1.66. The maximum absolute atomic E-state index is 13.1. The van der Waals surface area contributed by atoms with Crippen molar-refractivity contribution in [2.45, 2.75) is 108 Å². The Morgan fingerprint density at radius 3 is 2.55 bits per heavy atom. The average Bonchev–Trinajstić information content (AvgIpc) is 2.91. The van der Waals surface area contributed by atoms with Crippen molar-refractivity contribution in [3.05, 3.63) is 36.5 Å². The molecular formula is C30H45NO11. The summed E-state index contributed by atoms with van der Waals surface area (Å²) in [5.41, 5.74) is 0.0152. The van der Waals surface area contributed by atoms with Gasteiger partial charge in [-0.1, -0.05) is 51.2 Å². The quantitative estimate of drug-likeness (QED) is 0.113. The molecule has 0 aromatic carbocycles. The summed E-state index contributed by atoms with van der Waals surface area (Å²) < 4.78 is 29.3. The Bertz CT molecular complexity index is 1060. The lowest BCUT2D eigenvalue weighted by atomic mass is 9.72. The van der Waals surface area contributed by atoms with Crippen molar-refractivity contribution in [3.8, 4) is 0 Å². The van der Waals surface area contributed by atoms with Crippen LogP contribution in [0.5, 0.6) is 0 Å². The summed E-state index contributed by atoms with van der Waals surface area (Å²) in [6, 6.07) is 0. The number of ether oxygens (including phenoxy) is 5. The lowest BCUT2D eigenvalue weighted by Gasteiger charge is -2.54. The number of aliphatic carboxylic acids is 1. The number of hydrogen-bond donors (Lipinski definition) is 4. The number of aliphatic hydroxyl groups excluding tert-OH is 1. The highest BCUT2D eigenvalue weighted by atomic mass is 16.7. The van der Waals surface area contributed by atoms with Crippen LogP contribution in [0.25, 0.3) is 0 Å². The molecule has 9 atom stereocenters. The van der Waals surface area contributed by atoms with Gasteiger partial charge in [0.25, 0.3) is 5.91 Å². The molecule has 0 bridgehead atoms. The van der Waals surface area contributed by atoms with Crippen LogP contribution in [0.15, 0.2) is 36.5 Å². The molecule has 3 saturated heterocycles. The van der Waals surface area contributed by atoms with Crippen LogP contribution in [-0.4, -0.2) is 95.5 Å². The van der Waals surface area contributed by atoms with Crippen LogP contribution in [0.2, 0.25) is 0 Å². The Labute approximate surface area is 246 Å². The molecule has 1 amide bonds. The molecule has 3 rings (SSSR count). The minimum atomic E-state index is -2.15. The molecule has 0 aromatic rings. The molecule has 42 heavy (non-hydrogen) atoms. The Kier molecular flexibility index (Phi) is 11.6. The number of aliphatic hydroxyl groups is 2. The number of rotatable bonds is 12. The number of allylic oxidation sites excluding steroid dienone is 3. The summed E-state index contributed by atoms with van der Waals surface area (Å²) in [5.74, 6) is -4.18. The van der Waals surface area contributed by atoms with E-state index in [0.29, 0.717) is 24.8 Å². The Hall–Kier alpha value is -2.45. The second kappa shape index (κ2) is 14.3. The summed E-state index contributed by atoms with van der Waals surface area (Å²) in [5, 5.41) is 33.0. The lowest BCUT2D eigenvalue weighted by Crippen LogP contribution is -2.69. The van der Waals surface area contributed by atoms with Gasteiger partial charge in [-0.3, -0.25) is 9.59 Å². The lowest BCUT2D eigenvalue weighted by molar-refractivity contribution is -0.330. The van der Waals surface area contributed by atoms with Crippen molar-refractivity contribution in [2.75, 3.05) is 13.9 Å². The average molecular weight is 596 g/mol. The number of unbranched alkanes of at least 4 members (excludes halogenated alkanes) is 1. The molecule has 3 heterocycles. The molecule has 3 aliphatic rings. The first-order valence-electron chi connectivity index (χ1n) is 14.3. The minimum Gasteiger partial charge on any atom is -0.478 e. The van der Waals surface area contributed by atoms with Crippen LogP contribution in [0, 0.1) is 11.3 Å². The van der Waals surface area contributed by atoms with E-state index in [9.17, 15) is 24.6 Å². The second-order valence-corrected chi connectivity index (χ2v) is 11.9. The molecule has 0 radical (unpaired) electrons. The van der Waals surface area contributed by atoms with Gasteiger partial charge in [-0.2, -0.15) is 0 Å². The maximum Gasteiger partial charge on any atom is 0.328 e. The number of Topliss-reactive ketones (excluding diaryl/α,β-unsaturated/α-hetero) is 1. The van der Waals surface area contributed by atoms with Crippen LogP contribution >= 0.6 is 0 Å². The van der Waals surface area contributed by atoms with Gasteiger partial charge in [-0.25, -0.2) is 4.79 Å². The first kappa shape index (κ1) is 34.0. The van der Waals surface area contributed by atoms with Crippen molar-refractivity contribution >= 4 is 17.7 Å². The molecule has 0 aromatic heterocycles. The van der Waals surface area contributed by atoms with E-state index in [2.05, 4.69) is 11.9 Å². The summed E-state index contributed by atoms with van der Waals surface area (Å²) in [6.07, 6.45) is 1.26. The van der Waals surface area contributed by atoms with Crippen LogP contribution in [-0.2, 0) is 38.1 Å². The van der Waals surface area contributed by atoms with Gasteiger partial charge in [-0.15, -0.1) is 0 Å². The van der Waals surface area contributed by atoms with Crippen molar-refractivity contribution in [2.24, 2.45) is 11.3 Å². The first-order valence-corrected chi connectivity index (χ1v) is 14.3. The van der Waals surface area contributed by atoms with Gasteiger partial charge in [0.15, 0.2) is 12.3 Å². The van der Waals surface area contributed by atoms with E-state index >= 15 is 0 Å². The standard InChI is InChI=1S/C30H45NO11/c1-17-15-30(37,42-19(3)18(17)2)25(35)27(36)31-28-24-23(39-16-40-28)26(38-6)29(4,5)21(41-24)14-20(32)12-10-8-7-9-11-13-22(33)34/h7,9,11,13,18-19,21,23-26,28,35,37H,1,8,10,12,14-16H2,2-6H3,(H,31,36)(H,33,34)/b9-7+,13-11+/t18-,19-,21-,23+,24+,25-,26-,28+,30-/m1/s1. The molecule has 12 nitrogen and oxygen atoms in total. The highest BCUT2D eigenvalue weighted by Gasteiger charge is 2.57. The fourth-order valence-electron chi connectivity index (χ4n) is 5.71. The fraction of sp³-hybridized carbons (Fsp3) is 0.700. The third-order valence-corrected chi connectivity index (χ3v) is 8.47. The van der Waals surface area contributed by atoms with E-state index in [0.717, 1.165) is 6.08 Å². The SMILES string of the molecule is C=C1C[C@](O)([C@H](O)C(=O)N[C@H]2OCO[C@H]3[C@@H]2O[C@H](CC(=O)CCC/C=C/C=C/C(=O)O)C(C)(C)[C@@H]3OC)O[C@H](C)[C@@H]1C. The normalized spacial score (nSPS) is 35.6. The van der Waals surface area contributed by atoms with E-state index in [1.165, 1.54) is 6.08 Å². The van der Waals surface area contributed by atoms with Gasteiger partial charge in [0.2, 0.25) is 5.79 Å². The zero-order valence-electron chi connectivity index (χ0n) is 25.0. The van der Waals surface area contributed by atoms with Gasteiger partial charge in [0, 0.05) is 43.8 Å². The zero-order chi connectivity index (χ0) is 31.2. The van der Waals surface area contributed by atoms with E-state index in [1.54, 1.807) is 26.2 Å². The molecule has 0 saturated carbocycles. The Morgan fingerprint density at radius 2 is 1.90 bits per heavy atom. The maximum atomic E-state index is 13.1. The highest BCUT2D eigenvalue weighted by molar-refractivity contribution is 5.82. The van der Waals surface area contributed by atoms with E-state index in [1.807, 2.05) is 20.8 Å². The van der Waals surface area contributed by atoms with Crippen LogP contribution < -0.4 is 5.32 Å². The molecule has 3 aliphatic heterocycles. The number of carbonyl (C=O) groups excluding carboxylic acids is 2. The molecule has 4 N–H and O–H groups in total. The van der Waals surface area contributed by atoms with Crippen LogP contribution in [0.4, 0.5) is 0 Å². The molecular weight excluding hydrogens is 550 g/mol. The Morgan fingerprint density at radius 1 is 1.19 bits per heavy atom. The van der Waals surface area contributed by atoms with E-state index in [-0.39, 0.29) is 31.3 Å². The first-order chi connectivity index (χ1) is 19.7. The van der Waals surface area contributed by atoms with E-state index in [4.69, 9.17) is 28.8 Å². The number of carboxylic acids is 1. The minimum absolute atomic E-state index is 0.0234. The van der Waals surface area contributed by atoms with Crippen molar-refractivity contribution in [3.63, 3.8) is 0 Å². The van der Waals surface area contributed by atoms with E-state index < -0.39 is 65.9 Å². The van der Waals surface area contributed by atoms with Crippen molar-refractivity contribution in [1.82, 2.24) is 5.32 Å². The zero-order valence-corrected chi connectivity index (χ0v) is 25.0. The molecule has 12 heteroatoms. The van der Waals surface area contributed by atoms with Gasteiger partial charge in [0.05, 0.1) is 18.3 Å². The molecule has 0 unspecified atom stereocenters. The van der Waals surface area contributed by atoms with Crippen molar-refractivity contribution in [1.29, 1.82) is 0 Å².